The maximum absolute atomic E-state index is 12.1. The van der Waals surface area contributed by atoms with Crippen LogP contribution in [0.15, 0.2) is 15.8 Å². The number of aryl methyl sites for hydroxylation is 1. The quantitative estimate of drug-likeness (QED) is 0.211. The van der Waals surface area contributed by atoms with E-state index >= 15 is 0 Å². The van der Waals surface area contributed by atoms with Crippen LogP contribution in [-0.4, -0.2) is 65.3 Å². The lowest BCUT2D eigenvalue weighted by atomic mass is 10.0. The van der Waals surface area contributed by atoms with Crippen LogP contribution < -0.4 is 11.2 Å². The molecule has 1 aromatic heterocycles. The van der Waals surface area contributed by atoms with Crippen molar-refractivity contribution in [1.82, 2.24) is 9.55 Å². The van der Waals surface area contributed by atoms with Crippen molar-refractivity contribution in [3.05, 3.63) is 32.6 Å². The summed E-state index contributed by atoms with van der Waals surface area (Å²) < 4.78 is 57.5. The van der Waals surface area contributed by atoms with Crippen molar-refractivity contribution in [2.24, 2.45) is 0 Å². The minimum Gasteiger partial charge on any atom is -0.387 e. The van der Waals surface area contributed by atoms with Crippen LogP contribution in [0, 0.1) is 6.92 Å². The van der Waals surface area contributed by atoms with Crippen LogP contribution in [0.5, 0.6) is 0 Å². The molecular weight excluding hydrogens is 493 g/mol. The van der Waals surface area contributed by atoms with E-state index in [0.717, 1.165) is 10.8 Å². The highest BCUT2D eigenvalue weighted by Crippen LogP contribution is 2.66. The molecule has 2 aliphatic heterocycles. The number of ether oxygens (including phenoxy) is 2. The number of phosphoric ester groups is 1. The summed E-state index contributed by atoms with van der Waals surface area (Å²) in [5.74, 6) is 0. The Bertz CT molecular complexity index is 1120. The van der Waals surface area contributed by atoms with Gasteiger partial charge in [-0.2, -0.15) is 8.62 Å². The number of aliphatic hydroxyl groups excluding tert-OH is 1. The Labute approximate surface area is 171 Å². The second kappa shape index (κ2) is 8.08. The van der Waals surface area contributed by atoms with Gasteiger partial charge in [-0.3, -0.25) is 18.9 Å². The van der Waals surface area contributed by atoms with E-state index in [4.69, 9.17) is 24.2 Å². The number of nitrogens with one attached hydrogen (secondary N) is 1. The first-order chi connectivity index (χ1) is 14.0. The second-order valence-corrected chi connectivity index (χ2v) is 11.1. The molecule has 0 amide bonds. The molecular formula is C11H17N2O15P3. The fourth-order valence-corrected chi connectivity index (χ4v) is 6.08. The van der Waals surface area contributed by atoms with E-state index in [1.54, 1.807) is 0 Å². The van der Waals surface area contributed by atoms with Gasteiger partial charge in [0.1, 0.15) is 17.8 Å². The zero-order chi connectivity index (χ0) is 23.4. The third kappa shape index (κ3) is 5.31. The molecule has 3 rings (SSSR count). The van der Waals surface area contributed by atoms with Gasteiger partial charge in [-0.15, -0.1) is 0 Å². The number of hydrogen-bond donors (Lipinski definition) is 6. The summed E-state index contributed by atoms with van der Waals surface area (Å²) in [4.78, 5) is 61.4. The Morgan fingerprint density at radius 2 is 1.84 bits per heavy atom. The van der Waals surface area contributed by atoms with Crippen LogP contribution in [0.4, 0.5) is 0 Å². The molecule has 2 saturated heterocycles. The lowest BCUT2D eigenvalue weighted by Gasteiger charge is -2.31. The molecule has 0 saturated carbocycles. The maximum Gasteiger partial charge on any atom is 0.490 e. The minimum atomic E-state index is -5.72. The smallest absolute Gasteiger partial charge is 0.387 e. The fraction of sp³-hybridized carbons (Fsp3) is 0.636. The number of phosphoric acid groups is 3. The largest absolute Gasteiger partial charge is 0.490 e. The molecule has 6 N–H and O–H groups in total. The monoisotopic (exact) mass is 510 g/mol. The van der Waals surface area contributed by atoms with Gasteiger partial charge in [0, 0.05) is 11.8 Å². The summed E-state index contributed by atoms with van der Waals surface area (Å²) in [6, 6.07) is 0. The van der Waals surface area contributed by atoms with Crippen LogP contribution in [-0.2, 0) is 36.3 Å². The summed E-state index contributed by atoms with van der Waals surface area (Å²) in [5.41, 5.74) is -3.22. The minimum absolute atomic E-state index is 0.141. The van der Waals surface area contributed by atoms with Crippen molar-refractivity contribution in [2.45, 2.75) is 31.0 Å². The number of hydrogen-bond acceptors (Lipinski definition) is 11. The molecule has 0 aliphatic carbocycles. The maximum atomic E-state index is 12.1. The van der Waals surface area contributed by atoms with E-state index in [2.05, 4.69) is 13.1 Å². The molecule has 20 heteroatoms. The molecule has 3 heterocycles. The van der Waals surface area contributed by atoms with Crippen LogP contribution >= 0.6 is 23.5 Å². The van der Waals surface area contributed by atoms with Crippen molar-refractivity contribution in [3.8, 4) is 0 Å². The Morgan fingerprint density at radius 1 is 1.19 bits per heavy atom. The van der Waals surface area contributed by atoms with E-state index in [1.165, 1.54) is 6.92 Å². The van der Waals surface area contributed by atoms with Gasteiger partial charge in [0.2, 0.25) is 0 Å². The topological polar surface area (TPSA) is 253 Å². The normalized spacial score (nSPS) is 32.0. The van der Waals surface area contributed by atoms with Crippen molar-refractivity contribution in [2.75, 3.05) is 13.2 Å². The van der Waals surface area contributed by atoms with E-state index in [1.807, 2.05) is 4.98 Å². The van der Waals surface area contributed by atoms with Crippen molar-refractivity contribution >= 4 is 23.5 Å². The van der Waals surface area contributed by atoms with Crippen LogP contribution in [0.1, 0.15) is 11.8 Å². The second-order valence-electron chi connectivity index (χ2n) is 6.64. The zero-order valence-electron chi connectivity index (χ0n) is 15.3. The molecule has 17 nitrogen and oxygen atoms in total. The van der Waals surface area contributed by atoms with Crippen molar-refractivity contribution in [3.63, 3.8) is 0 Å². The molecule has 2 bridgehead atoms. The number of aromatic nitrogens is 2. The van der Waals surface area contributed by atoms with E-state index in [9.17, 15) is 33.3 Å². The van der Waals surface area contributed by atoms with Crippen molar-refractivity contribution in [1.29, 1.82) is 0 Å². The number of rotatable bonds is 8. The molecule has 2 unspecified atom stereocenters. The number of aromatic amines is 1. The zero-order valence-corrected chi connectivity index (χ0v) is 18.0. The summed E-state index contributed by atoms with van der Waals surface area (Å²) in [7, 11) is -16.8. The highest BCUT2D eigenvalue weighted by molar-refractivity contribution is 7.66. The Kier molecular flexibility index (Phi) is 6.41. The lowest BCUT2D eigenvalue weighted by molar-refractivity contribution is -0.186. The molecule has 176 valence electrons. The number of fused-ring (bicyclic) bond motifs is 2. The average Bonchev–Trinajstić information content (AvgIpc) is 3.03. The van der Waals surface area contributed by atoms with Gasteiger partial charge in [0.25, 0.3) is 5.56 Å². The van der Waals surface area contributed by atoms with Gasteiger partial charge in [0.15, 0.2) is 6.23 Å². The lowest BCUT2D eigenvalue weighted by Crippen LogP contribution is -2.45. The highest BCUT2D eigenvalue weighted by atomic mass is 31.3. The Morgan fingerprint density at radius 3 is 2.45 bits per heavy atom. The molecule has 6 atom stereocenters. The number of nitrogens with zero attached hydrogens (tertiary/aromatic N) is 1. The first-order valence-corrected chi connectivity index (χ1v) is 12.6. The highest BCUT2D eigenvalue weighted by Gasteiger charge is 2.63. The van der Waals surface area contributed by atoms with Gasteiger partial charge in [-0.25, -0.2) is 18.5 Å². The summed E-state index contributed by atoms with van der Waals surface area (Å²) in [6.07, 6.45) is -2.77. The Hall–Kier alpha value is -1.03. The van der Waals surface area contributed by atoms with Gasteiger partial charge >= 0.3 is 29.2 Å². The third-order valence-electron chi connectivity index (χ3n) is 4.31. The Balaban J connectivity index is 1.75. The van der Waals surface area contributed by atoms with Crippen LogP contribution in [0.25, 0.3) is 0 Å². The third-order valence-corrected chi connectivity index (χ3v) is 8.10. The van der Waals surface area contributed by atoms with E-state index < -0.39 is 65.4 Å². The molecule has 0 aromatic carbocycles. The van der Waals surface area contributed by atoms with Gasteiger partial charge < -0.3 is 34.2 Å². The van der Waals surface area contributed by atoms with E-state index in [-0.39, 0.29) is 12.2 Å². The van der Waals surface area contributed by atoms with E-state index in [0.29, 0.717) is 0 Å². The van der Waals surface area contributed by atoms with Crippen molar-refractivity contribution < 1.29 is 61.0 Å². The van der Waals surface area contributed by atoms with Gasteiger partial charge in [-0.1, -0.05) is 0 Å². The summed E-state index contributed by atoms with van der Waals surface area (Å²) >= 11 is 0. The summed E-state index contributed by atoms with van der Waals surface area (Å²) in [6.45, 7) is 0.0501. The molecule has 2 fully saturated rings. The first kappa shape index (κ1) is 24.6. The van der Waals surface area contributed by atoms with Crippen LogP contribution in [0.3, 0.4) is 0 Å². The molecule has 31 heavy (non-hydrogen) atoms. The number of H-pyrrole nitrogens is 1. The molecule has 0 radical (unpaired) electrons. The standard InChI is InChI=1S/C11H17N2O15P3/c1-5-2-13(10(16)12-8(5)15)9-6-7(14)11(26-9,3-24-6)4-25-30(20,21)28-31(22,23)27-29(17,18)19/h2,6-7,9,14H,3-4H2,1H3,(H,20,21)(H,22,23)(H,12,15,16)(H2,17,18,19)/t6-,7+,9-,11-/m1/s1. The molecule has 2 aliphatic rings. The van der Waals surface area contributed by atoms with Crippen LogP contribution in [0.2, 0.25) is 0 Å². The first-order valence-electron chi connectivity index (χ1n) is 8.12. The van der Waals surface area contributed by atoms with Gasteiger partial charge in [-0.05, 0) is 6.92 Å². The average molecular weight is 510 g/mol. The SMILES string of the molecule is Cc1cn([C@@H]2O[C@@]3(COP(=O)(O)OP(=O)(O)OP(=O)(O)O)CO[C@@H]2[C@@H]3O)c(=O)[nH]c1=O. The predicted molar refractivity (Wildman–Crippen MR) is 94.5 cm³/mol. The summed E-state index contributed by atoms with van der Waals surface area (Å²) in [5, 5.41) is 10.4. The molecule has 1 aromatic rings. The number of aliphatic hydroxyl groups is 1. The predicted octanol–water partition coefficient (Wildman–Crippen LogP) is -1.78. The fourth-order valence-electron chi connectivity index (χ4n) is 3.01. The molecule has 0 spiro atoms. The van der Waals surface area contributed by atoms with Gasteiger partial charge in [0.05, 0.1) is 13.2 Å².